The van der Waals surface area contributed by atoms with Crippen molar-refractivity contribution in [2.75, 3.05) is 27.7 Å². The molecule has 0 aromatic heterocycles. The molecule has 1 nitrogen and oxygen atoms in total. The van der Waals surface area contributed by atoms with E-state index >= 15 is 0 Å². The maximum atomic E-state index is 2.29. The molecule has 0 aromatic carbocycles. The molecular formula is C25H44BrFeN. The summed E-state index contributed by atoms with van der Waals surface area (Å²) in [5, 5.41) is 0. The van der Waals surface area contributed by atoms with Gasteiger partial charge >= 0.3 is 54.7 Å². The molecule has 0 atom stereocenters. The first-order valence-electron chi connectivity index (χ1n) is 12.7. The fourth-order valence-corrected chi connectivity index (χ4v) is 90.1. The van der Waals surface area contributed by atoms with Crippen molar-refractivity contribution in [3.63, 3.8) is 0 Å². The van der Waals surface area contributed by atoms with E-state index in [1.807, 2.05) is 0 Å². The Morgan fingerprint density at radius 2 is 0.786 bits per heavy atom. The summed E-state index contributed by atoms with van der Waals surface area (Å²) < 4.78 is 1.12. The van der Waals surface area contributed by atoms with Gasteiger partial charge in [0.2, 0.25) is 0 Å². The van der Waals surface area contributed by atoms with Gasteiger partial charge < -0.3 is 21.5 Å². The Morgan fingerprint density at radius 3 is 1.00 bits per heavy atom. The zero-order valence-corrected chi connectivity index (χ0v) is 21.4. The molecule has 10 saturated heterocycles. The van der Waals surface area contributed by atoms with Crippen LogP contribution in [0.3, 0.4) is 0 Å². The van der Waals surface area contributed by atoms with Gasteiger partial charge in [0.1, 0.15) is 0 Å². The van der Waals surface area contributed by atoms with Crippen molar-refractivity contribution in [3.8, 4) is 0 Å². The average molecular weight is 494 g/mol. The molecule has 0 bridgehead atoms. The first-order valence-corrected chi connectivity index (χ1v) is 19.1. The topological polar surface area (TPSA) is 0 Å². The minimum absolute atomic E-state index is 0. The third-order valence-corrected chi connectivity index (χ3v) is 59.7. The molecule has 10 aliphatic rings. The Morgan fingerprint density at radius 1 is 0.500 bits per heavy atom. The van der Waals surface area contributed by atoms with Gasteiger partial charge in [-0.1, -0.05) is 58.3 Å². The van der Waals surface area contributed by atoms with E-state index in [-0.39, 0.29) is 17.0 Å². The normalized spacial score (nSPS) is 74.0. The summed E-state index contributed by atoms with van der Waals surface area (Å²) in [6.45, 7) is 1.33. The van der Waals surface area contributed by atoms with Crippen LogP contribution >= 0.6 is 0 Å². The number of hydrogen-bond donors (Lipinski definition) is 0. The van der Waals surface area contributed by atoms with E-state index in [4.69, 9.17) is 0 Å². The third-order valence-electron chi connectivity index (χ3n) is 17.7. The van der Waals surface area contributed by atoms with Crippen molar-refractivity contribution in [2.24, 2.45) is 0 Å². The summed E-state index contributed by atoms with van der Waals surface area (Å²) in [7, 11) is 6.86. The molecule has 28 heavy (non-hydrogen) atoms. The summed E-state index contributed by atoms with van der Waals surface area (Å²) >= 11 is 0. The van der Waals surface area contributed by atoms with Crippen LogP contribution in [-0.2, 0) is 6.51 Å². The van der Waals surface area contributed by atoms with E-state index in [1.165, 1.54) is 70.8 Å². The van der Waals surface area contributed by atoms with E-state index in [9.17, 15) is 0 Å². The zero-order valence-electron chi connectivity index (χ0n) is 18.7. The maximum absolute atomic E-state index is 2.29. The van der Waals surface area contributed by atoms with E-state index < -0.39 is 6.51 Å². The van der Waals surface area contributed by atoms with Crippen LogP contribution < -0.4 is 17.0 Å². The van der Waals surface area contributed by atoms with Crippen molar-refractivity contribution < 1.29 is 28.0 Å². The van der Waals surface area contributed by atoms with Crippen LogP contribution in [0, 0.1) is 0 Å². The Kier molecular flexibility index (Phi) is 1.47. The molecule has 1 spiro atoms. The molecule has 0 amide bonds. The van der Waals surface area contributed by atoms with Gasteiger partial charge in [-0.25, -0.2) is 0 Å². The summed E-state index contributed by atoms with van der Waals surface area (Å²) in [6, 6.07) is 0. The SMILES string of the molecule is CCCCCCCCCCCC[N+](C)(C)C.[Br-].[CH]12[CH]3[CH]4[CH]5[CH]1[Fe]23451678[CH]2[CH]1[CH]6[CH]7[CH]28. The van der Waals surface area contributed by atoms with Gasteiger partial charge in [-0.2, -0.15) is 0 Å². The van der Waals surface area contributed by atoms with Crippen molar-refractivity contribution in [2.45, 2.75) is 119 Å². The first-order chi connectivity index (χ1) is 12.7. The molecule has 10 heterocycles. The van der Waals surface area contributed by atoms with Gasteiger partial charge in [0, 0.05) is 0 Å². The van der Waals surface area contributed by atoms with Crippen molar-refractivity contribution >= 4 is 0 Å². The molecule has 3 heteroatoms. The molecule has 10 aliphatic heterocycles. The summed E-state index contributed by atoms with van der Waals surface area (Å²) in [4.78, 5) is 15.9. The van der Waals surface area contributed by atoms with Gasteiger partial charge in [-0.15, -0.1) is 0 Å². The molecule has 0 aliphatic carbocycles. The second-order valence-electron chi connectivity index (χ2n) is 15.8. The van der Waals surface area contributed by atoms with Crippen molar-refractivity contribution in [1.82, 2.24) is 0 Å². The van der Waals surface area contributed by atoms with E-state index in [1.54, 1.807) is 48.2 Å². The molecule has 10 fully saturated rings. The third kappa shape index (κ3) is 0.397. The van der Waals surface area contributed by atoms with Crippen LogP contribution in [0.5, 0.6) is 0 Å². The predicted molar refractivity (Wildman–Crippen MR) is 112 cm³/mol. The van der Waals surface area contributed by atoms with E-state index in [2.05, 4.69) is 28.1 Å². The summed E-state index contributed by atoms with van der Waals surface area (Å²) in [6.07, 6.45) is 14.4. The molecule has 0 unspecified atom stereocenters. The van der Waals surface area contributed by atoms with Crippen LogP contribution in [0.25, 0.3) is 0 Å². The number of quaternary nitrogens is 1. The molecule has 0 radical (unpaired) electrons. The van der Waals surface area contributed by atoms with E-state index in [0.29, 0.717) is 0 Å². The van der Waals surface area contributed by atoms with Gasteiger partial charge in [0.05, 0.1) is 27.7 Å². The molecule has 0 saturated carbocycles. The average Bonchev–Trinajstić information content (AvgIpc) is 3.55. The van der Waals surface area contributed by atoms with Crippen LogP contribution in [0.15, 0.2) is 0 Å². The molecule has 164 valence electrons. The van der Waals surface area contributed by atoms with Crippen molar-refractivity contribution in [1.29, 1.82) is 0 Å². The number of hydrogen-bond acceptors (Lipinski definition) is 0. The number of fused-ring (bicyclic) bond motifs is 10. The van der Waals surface area contributed by atoms with Gasteiger partial charge in [0.15, 0.2) is 0 Å². The number of unbranched alkanes of at least 4 members (excludes halogenated alkanes) is 9. The Bertz CT molecular complexity index is 843. The van der Waals surface area contributed by atoms with Crippen molar-refractivity contribution in [3.05, 3.63) is 0 Å². The van der Waals surface area contributed by atoms with Crippen LogP contribution in [0.1, 0.15) is 71.1 Å². The second-order valence-corrected chi connectivity index (χ2v) is 39.7. The van der Waals surface area contributed by atoms with Gasteiger partial charge in [0.25, 0.3) is 0 Å². The fourth-order valence-electron chi connectivity index (χ4n) is 17.9. The zero-order chi connectivity index (χ0) is 18.4. The van der Waals surface area contributed by atoms with Gasteiger partial charge in [-0.05, 0) is 12.8 Å². The quantitative estimate of drug-likeness (QED) is 0.216. The van der Waals surface area contributed by atoms with Crippen LogP contribution in [-0.4, -0.2) is 32.2 Å². The molecule has 0 N–H and O–H groups in total. The first kappa shape index (κ1) is 17.5. The molecular weight excluding hydrogens is 450 g/mol. The second kappa shape index (κ2) is 2.35. The van der Waals surface area contributed by atoms with Gasteiger partial charge in [-0.3, -0.25) is 0 Å². The monoisotopic (exact) mass is 493 g/mol. The fraction of sp³-hybridized carbons (Fsp3) is 1.00. The van der Waals surface area contributed by atoms with Crippen LogP contribution in [0.2, 0.25) is 48.2 Å². The van der Waals surface area contributed by atoms with E-state index in [0.717, 1.165) is 4.48 Å². The predicted octanol–water partition coefficient (Wildman–Crippen LogP) is 4.99. The number of halogens is 1. The Labute approximate surface area is 174 Å². The molecule has 0 aromatic rings. The molecule has 10 rings (SSSR count). The Hall–Kier alpha value is 0.959. The number of nitrogens with zero attached hydrogens (tertiary/aromatic N) is 1. The van der Waals surface area contributed by atoms with Crippen LogP contribution in [0.4, 0.5) is 0 Å². The standard InChI is InChI=1S/C15H34N.2C5H5.BrH.Fe/c1-5-6-7-8-9-10-11-12-13-14-15-16(2,3)4;2*1-2-4-5-3-1;;/h5-15H2,1-4H3;2*1-5H;1H;/q+1;;;;/p-1. The minimum atomic E-state index is -2.28. The number of rotatable bonds is 11. The summed E-state index contributed by atoms with van der Waals surface area (Å²) in [5.41, 5.74) is 0. The summed E-state index contributed by atoms with van der Waals surface area (Å²) in [5.74, 6) is 0. The Balaban J connectivity index is 0.0000000944.